The van der Waals surface area contributed by atoms with Gasteiger partial charge < -0.3 is 9.88 Å². The third-order valence-corrected chi connectivity index (χ3v) is 5.94. The summed E-state index contributed by atoms with van der Waals surface area (Å²) in [5, 5.41) is 17.3. The predicted molar refractivity (Wildman–Crippen MR) is 120 cm³/mol. The van der Waals surface area contributed by atoms with Crippen LogP contribution in [0.2, 0.25) is 0 Å². The normalized spacial score (nSPS) is 13.8. The molecule has 0 fully saturated rings. The summed E-state index contributed by atoms with van der Waals surface area (Å²) in [6.07, 6.45) is 2.20. The first-order valence-corrected chi connectivity index (χ1v) is 10.6. The zero-order chi connectivity index (χ0) is 22.0. The molecule has 1 N–H and O–H groups in total. The Hall–Kier alpha value is -3.46. The average Bonchev–Trinajstić information content (AvgIpc) is 3.16. The first-order chi connectivity index (χ1) is 14.9. The fourth-order valence-corrected chi connectivity index (χ4v) is 3.89. The van der Waals surface area contributed by atoms with E-state index in [-0.39, 0.29) is 18.2 Å². The number of aromatic nitrogens is 3. The number of hydrogen-bond acceptors (Lipinski definition) is 6. The Morgan fingerprint density at radius 1 is 1.10 bits per heavy atom. The van der Waals surface area contributed by atoms with Crippen LogP contribution >= 0.6 is 11.8 Å². The van der Waals surface area contributed by atoms with Crippen molar-refractivity contribution in [2.24, 2.45) is 12.1 Å². The summed E-state index contributed by atoms with van der Waals surface area (Å²) < 4.78 is 1.84. The number of hydrazone groups is 1. The van der Waals surface area contributed by atoms with Gasteiger partial charge in [-0.25, -0.2) is 5.01 Å². The van der Waals surface area contributed by atoms with Crippen molar-refractivity contribution in [1.29, 1.82) is 0 Å². The first kappa shape index (κ1) is 20.8. The van der Waals surface area contributed by atoms with E-state index in [1.165, 1.54) is 16.8 Å². The second kappa shape index (κ2) is 8.73. The molecule has 2 heterocycles. The lowest BCUT2D eigenvalue weighted by atomic mass is 10.1. The van der Waals surface area contributed by atoms with Gasteiger partial charge in [-0.15, -0.1) is 10.2 Å². The Balaban J connectivity index is 1.48. The second-order valence-corrected chi connectivity index (χ2v) is 8.39. The monoisotopic (exact) mass is 434 g/mol. The fraction of sp³-hybridized carbons (Fsp3) is 0.227. The smallest absolute Gasteiger partial charge is 0.271 e. The van der Waals surface area contributed by atoms with Crippen molar-refractivity contribution in [2.75, 3.05) is 10.3 Å². The van der Waals surface area contributed by atoms with Gasteiger partial charge in [0.1, 0.15) is 12.0 Å². The van der Waals surface area contributed by atoms with E-state index in [4.69, 9.17) is 0 Å². The van der Waals surface area contributed by atoms with Crippen molar-refractivity contribution < 1.29 is 9.59 Å². The third kappa shape index (κ3) is 4.66. The number of aryl methyl sites for hydroxylation is 3. The molecule has 2 amide bonds. The summed E-state index contributed by atoms with van der Waals surface area (Å²) in [4.78, 5) is 26.2. The minimum Gasteiger partial charge on any atom is -0.321 e. The van der Waals surface area contributed by atoms with Crippen LogP contribution in [0.15, 0.2) is 63.9 Å². The lowest BCUT2D eigenvalue weighted by Crippen LogP contribution is -2.36. The molecular weight excluding hydrogens is 412 g/mol. The van der Waals surface area contributed by atoms with Crippen LogP contribution in [0.25, 0.3) is 0 Å². The number of hydrogen-bond donors (Lipinski definition) is 1. The molecule has 1 aliphatic heterocycles. The maximum absolute atomic E-state index is 12.8. The number of nitrogens with one attached hydrogen (secondary N) is 1. The molecule has 0 radical (unpaired) electrons. The van der Waals surface area contributed by atoms with Gasteiger partial charge in [-0.1, -0.05) is 12.1 Å². The molecule has 0 bridgehead atoms. The maximum atomic E-state index is 12.8. The molecule has 31 heavy (non-hydrogen) atoms. The molecule has 0 spiro atoms. The highest BCUT2D eigenvalue weighted by atomic mass is 32.2. The molecule has 9 heteroatoms. The van der Waals surface area contributed by atoms with Gasteiger partial charge in [-0.2, -0.15) is 5.10 Å². The molecule has 4 rings (SSSR count). The molecular formula is C22H22N6O2S. The van der Waals surface area contributed by atoms with Crippen LogP contribution in [-0.4, -0.2) is 32.3 Å². The number of rotatable bonds is 5. The van der Waals surface area contributed by atoms with E-state index in [0.717, 1.165) is 21.2 Å². The molecule has 158 valence electrons. The minimum atomic E-state index is -0.309. The van der Waals surface area contributed by atoms with E-state index in [2.05, 4.69) is 20.6 Å². The Bertz CT molecular complexity index is 1170. The van der Waals surface area contributed by atoms with Crippen molar-refractivity contribution in [3.05, 3.63) is 59.9 Å². The van der Waals surface area contributed by atoms with Crippen molar-refractivity contribution in [2.45, 2.75) is 36.7 Å². The minimum absolute atomic E-state index is 0.115. The molecule has 8 nitrogen and oxygen atoms in total. The van der Waals surface area contributed by atoms with Crippen LogP contribution in [0.1, 0.15) is 24.0 Å². The van der Waals surface area contributed by atoms with Gasteiger partial charge in [0.15, 0.2) is 5.16 Å². The summed E-state index contributed by atoms with van der Waals surface area (Å²) in [6.45, 7) is 3.88. The van der Waals surface area contributed by atoms with Gasteiger partial charge in [0.25, 0.3) is 5.91 Å². The number of carbonyl (C=O) groups excluding carboxylic acids is 2. The Morgan fingerprint density at radius 3 is 2.58 bits per heavy atom. The highest BCUT2D eigenvalue weighted by Gasteiger charge is 2.26. The van der Waals surface area contributed by atoms with Crippen LogP contribution in [0.4, 0.5) is 11.4 Å². The standard InChI is InChI=1S/C22H22N6O2S/c1-14-4-5-15(2)19(12-14)28-20(29)11-10-18(26-28)21(30)24-16-6-8-17(9-7-16)31-22-25-23-13-27(22)3/h4-9,12-13H,10-11H2,1-3H3,(H,24,30). The zero-order valence-corrected chi connectivity index (χ0v) is 18.3. The number of nitrogens with zero attached hydrogens (tertiary/aromatic N) is 5. The van der Waals surface area contributed by atoms with Gasteiger partial charge in [-0.05, 0) is 67.1 Å². The Kier molecular flexibility index (Phi) is 5.85. The molecule has 0 saturated heterocycles. The van der Waals surface area contributed by atoms with Crippen molar-refractivity contribution in [3.8, 4) is 0 Å². The summed E-state index contributed by atoms with van der Waals surface area (Å²) in [6, 6.07) is 13.3. The van der Waals surface area contributed by atoms with E-state index in [9.17, 15) is 9.59 Å². The lowest BCUT2D eigenvalue weighted by Gasteiger charge is -2.24. The topological polar surface area (TPSA) is 92.5 Å². The van der Waals surface area contributed by atoms with Crippen LogP contribution in [0.5, 0.6) is 0 Å². The zero-order valence-electron chi connectivity index (χ0n) is 17.5. The number of carbonyl (C=O) groups is 2. The second-order valence-electron chi connectivity index (χ2n) is 7.35. The third-order valence-electron chi connectivity index (χ3n) is 4.88. The Labute approximate surface area is 184 Å². The maximum Gasteiger partial charge on any atom is 0.271 e. The number of anilines is 2. The summed E-state index contributed by atoms with van der Waals surface area (Å²) in [7, 11) is 1.88. The number of amides is 2. The molecule has 0 saturated carbocycles. The van der Waals surface area contributed by atoms with Gasteiger partial charge in [0, 0.05) is 30.5 Å². The van der Waals surface area contributed by atoms with Gasteiger partial charge >= 0.3 is 0 Å². The summed E-state index contributed by atoms with van der Waals surface area (Å²) >= 11 is 1.49. The highest BCUT2D eigenvalue weighted by Crippen LogP contribution is 2.27. The van der Waals surface area contributed by atoms with Crippen LogP contribution < -0.4 is 10.3 Å². The number of benzene rings is 2. The largest absolute Gasteiger partial charge is 0.321 e. The molecule has 3 aromatic rings. The predicted octanol–water partition coefficient (Wildman–Crippen LogP) is 3.70. The molecule has 0 unspecified atom stereocenters. The van der Waals surface area contributed by atoms with Crippen molar-refractivity contribution >= 4 is 40.7 Å². The van der Waals surface area contributed by atoms with E-state index >= 15 is 0 Å². The van der Waals surface area contributed by atoms with E-state index in [1.54, 1.807) is 6.33 Å². The van der Waals surface area contributed by atoms with E-state index in [0.29, 0.717) is 23.5 Å². The van der Waals surface area contributed by atoms with Gasteiger partial charge in [0.2, 0.25) is 5.91 Å². The van der Waals surface area contributed by atoms with Gasteiger partial charge in [0.05, 0.1) is 5.69 Å². The lowest BCUT2D eigenvalue weighted by molar-refractivity contribution is -0.118. The molecule has 1 aromatic heterocycles. The molecule has 1 aliphatic rings. The van der Waals surface area contributed by atoms with Gasteiger partial charge in [-0.3, -0.25) is 9.59 Å². The van der Waals surface area contributed by atoms with Crippen molar-refractivity contribution in [3.63, 3.8) is 0 Å². The quantitative estimate of drug-likeness (QED) is 0.661. The SMILES string of the molecule is Cc1ccc(C)c(N2N=C(C(=O)Nc3ccc(Sc4nncn4C)cc3)CCC2=O)c1. The molecule has 0 aliphatic carbocycles. The van der Waals surface area contributed by atoms with Crippen molar-refractivity contribution in [1.82, 2.24) is 14.8 Å². The molecule has 0 atom stereocenters. The summed E-state index contributed by atoms with van der Waals surface area (Å²) in [5.41, 5.74) is 3.66. The molecule has 2 aromatic carbocycles. The highest BCUT2D eigenvalue weighted by molar-refractivity contribution is 7.99. The van der Waals surface area contributed by atoms with Crippen LogP contribution in [0.3, 0.4) is 0 Å². The summed E-state index contributed by atoms with van der Waals surface area (Å²) in [5.74, 6) is -0.424. The van der Waals surface area contributed by atoms with E-state index < -0.39 is 0 Å². The Morgan fingerprint density at radius 2 is 1.87 bits per heavy atom. The van der Waals surface area contributed by atoms with Crippen LogP contribution in [-0.2, 0) is 16.6 Å². The average molecular weight is 435 g/mol. The van der Waals surface area contributed by atoms with E-state index in [1.807, 2.05) is 67.9 Å². The first-order valence-electron chi connectivity index (χ1n) is 9.81. The fourth-order valence-electron chi connectivity index (χ4n) is 3.13. The van der Waals surface area contributed by atoms with Crippen LogP contribution in [0, 0.1) is 13.8 Å².